The molecule has 0 fully saturated rings. The molecule has 0 saturated carbocycles. The Kier molecular flexibility index (Phi) is 6.49. The standard InChI is InChI=1S/C24H20N4O6/c1-32-20-13-10-18(21(14-20)33-2)15-27(23(29)17-6-4-3-5-7-17)24-26-25-22(34-24)16-8-11-19(12-9-16)28(30)31/h3-14H,15H2,1-2H3. The molecule has 10 nitrogen and oxygen atoms in total. The van der Waals surface area contributed by atoms with Crippen LogP contribution in [0.2, 0.25) is 0 Å². The number of hydrogen-bond acceptors (Lipinski definition) is 8. The Hall–Kier alpha value is -4.73. The summed E-state index contributed by atoms with van der Waals surface area (Å²) in [7, 11) is 3.08. The quantitative estimate of drug-likeness (QED) is 0.278. The number of rotatable bonds is 8. The summed E-state index contributed by atoms with van der Waals surface area (Å²) in [5, 5.41) is 19.0. The van der Waals surface area contributed by atoms with E-state index in [9.17, 15) is 14.9 Å². The molecular weight excluding hydrogens is 440 g/mol. The molecule has 1 heterocycles. The Balaban J connectivity index is 1.71. The van der Waals surface area contributed by atoms with Gasteiger partial charge in [0.25, 0.3) is 11.6 Å². The number of benzene rings is 3. The zero-order chi connectivity index (χ0) is 24.1. The molecule has 3 aromatic carbocycles. The van der Waals surface area contributed by atoms with Crippen molar-refractivity contribution >= 4 is 17.6 Å². The van der Waals surface area contributed by atoms with Crippen LogP contribution in [0.25, 0.3) is 11.5 Å². The molecular formula is C24H20N4O6. The first-order chi connectivity index (χ1) is 16.5. The lowest BCUT2D eigenvalue weighted by atomic mass is 10.1. The summed E-state index contributed by atoms with van der Waals surface area (Å²) in [6.07, 6.45) is 0. The number of carbonyl (C=O) groups excluding carboxylic acids is 1. The number of non-ortho nitro benzene ring substituents is 1. The lowest BCUT2D eigenvalue weighted by Crippen LogP contribution is -2.31. The summed E-state index contributed by atoms with van der Waals surface area (Å²) in [5.41, 5.74) is 1.56. The highest BCUT2D eigenvalue weighted by Gasteiger charge is 2.25. The number of hydrogen-bond donors (Lipinski definition) is 0. The molecule has 0 bridgehead atoms. The van der Waals surface area contributed by atoms with Crippen LogP contribution in [0.4, 0.5) is 11.7 Å². The zero-order valence-electron chi connectivity index (χ0n) is 18.4. The van der Waals surface area contributed by atoms with Crippen LogP contribution in [0.15, 0.2) is 77.2 Å². The van der Waals surface area contributed by atoms with Crippen LogP contribution in [0.3, 0.4) is 0 Å². The summed E-state index contributed by atoms with van der Waals surface area (Å²) in [4.78, 5) is 25.2. The van der Waals surface area contributed by atoms with Gasteiger partial charge in [0.15, 0.2) is 0 Å². The Morgan fingerprint density at radius 2 is 1.74 bits per heavy atom. The van der Waals surface area contributed by atoms with Crippen molar-refractivity contribution in [1.82, 2.24) is 10.2 Å². The van der Waals surface area contributed by atoms with Gasteiger partial charge in [-0.05, 0) is 36.4 Å². The van der Waals surface area contributed by atoms with Crippen LogP contribution in [0.5, 0.6) is 11.5 Å². The Bertz CT molecular complexity index is 1300. The molecule has 4 aromatic rings. The van der Waals surface area contributed by atoms with Gasteiger partial charge in [-0.25, -0.2) is 0 Å². The van der Waals surface area contributed by atoms with E-state index in [-0.39, 0.29) is 30.0 Å². The zero-order valence-corrected chi connectivity index (χ0v) is 18.4. The Morgan fingerprint density at radius 3 is 2.38 bits per heavy atom. The second kappa shape index (κ2) is 9.82. The molecule has 0 atom stereocenters. The minimum atomic E-state index is -0.495. The third-order valence-corrected chi connectivity index (χ3v) is 5.06. The lowest BCUT2D eigenvalue weighted by Gasteiger charge is -2.20. The van der Waals surface area contributed by atoms with E-state index < -0.39 is 4.92 Å². The normalized spacial score (nSPS) is 10.5. The molecule has 172 valence electrons. The molecule has 34 heavy (non-hydrogen) atoms. The maximum atomic E-state index is 13.4. The SMILES string of the molecule is COc1ccc(CN(C(=O)c2ccccc2)c2nnc(-c3ccc([N+](=O)[O-])cc3)o2)c(OC)c1. The topological polar surface area (TPSA) is 121 Å². The number of aromatic nitrogens is 2. The number of anilines is 1. The summed E-state index contributed by atoms with van der Waals surface area (Å²) >= 11 is 0. The van der Waals surface area contributed by atoms with Crippen molar-refractivity contribution in [1.29, 1.82) is 0 Å². The molecule has 0 aliphatic heterocycles. The van der Waals surface area contributed by atoms with E-state index in [0.717, 1.165) is 0 Å². The molecule has 1 aromatic heterocycles. The van der Waals surface area contributed by atoms with Crippen molar-refractivity contribution in [3.05, 3.63) is 94.0 Å². The van der Waals surface area contributed by atoms with E-state index in [1.165, 1.54) is 36.3 Å². The maximum Gasteiger partial charge on any atom is 0.325 e. The number of ether oxygens (including phenoxy) is 2. The van der Waals surface area contributed by atoms with E-state index in [1.807, 2.05) is 6.07 Å². The molecule has 1 amide bonds. The van der Waals surface area contributed by atoms with Crippen molar-refractivity contribution < 1.29 is 23.6 Å². The highest BCUT2D eigenvalue weighted by atomic mass is 16.6. The van der Waals surface area contributed by atoms with E-state index in [2.05, 4.69) is 10.2 Å². The van der Waals surface area contributed by atoms with Gasteiger partial charge in [0, 0.05) is 34.9 Å². The third kappa shape index (κ3) is 4.70. The van der Waals surface area contributed by atoms with Crippen molar-refractivity contribution in [3.8, 4) is 23.0 Å². The van der Waals surface area contributed by atoms with Crippen LogP contribution >= 0.6 is 0 Å². The number of amides is 1. The summed E-state index contributed by atoms with van der Waals surface area (Å²) in [6, 6.07) is 19.6. The summed E-state index contributed by atoms with van der Waals surface area (Å²) in [6.45, 7) is 0.0861. The molecule has 0 saturated heterocycles. The van der Waals surface area contributed by atoms with E-state index in [1.54, 1.807) is 49.6 Å². The van der Waals surface area contributed by atoms with Crippen molar-refractivity contribution in [2.24, 2.45) is 0 Å². The fourth-order valence-corrected chi connectivity index (χ4v) is 3.28. The molecule has 0 aliphatic rings. The van der Waals surface area contributed by atoms with Gasteiger partial charge in [-0.15, -0.1) is 5.10 Å². The van der Waals surface area contributed by atoms with Gasteiger partial charge < -0.3 is 13.9 Å². The monoisotopic (exact) mass is 460 g/mol. The van der Waals surface area contributed by atoms with Crippen molar-refractivity contribution in [2.45, 2.75) is 6.54 Å². The van der Waals surface area contributed by atoms with Gasteiger partial charge >= 0.3 is 6.01 Å². The third-order valence-electron chi connectivity index (χ3n) is 5.06. The lowest BCUT2D eigenvalue weighted by molar-refractivity contribution is -0.384. The molecule has 10 heteroatoms. The van der Waals surface area contributed by atoms with Crippen LogP contribution in [-0.4, -0.2) is 35.2 Å². The Labute approximate surface area is 194 Å². The minimum Gasteiger partial charge on any atom is -0.497 e. The average molecular weight is 460 g/mol. The fourth-order valence-electron chi connectivity index (χ4n) is 3.28. The highest BCUT2D eigenvalue weighted by Crippen LogP contribution is 2.30. The smallest absolute Gasteiger partial charge is 0.325 e. The Morgan fingerprint density at radius 1 is 1.00 bits per heavy atom. The number of nitro groups is 1. The van der Waals surface area contributed by atoms with Gasteiger partial charge in [-0.2, -0.15) is 0 Å². The van der Waals surface area contributed by atoms with Crippen molar-refractivity contribution in [2.75, 3.05) is 19.1 Å². The molecule has 0 N–H and O–H groups in total. The van der Waals surface area contributed by atoms with Gasteiger partial charge in [0.1, 0.15) is 11.5 Å². The number of methoxy groups -OCH3 is 2. The molecule has 0 spiro atoms. The number of nitrogens with zero attached hydrogens (tertiary/aromatic N) is 4. The van der Waals surface area contributed by atoms with Crippen LogP contribution in [0, 0.1) is 10.1 Å². The summed E-state index contributed by atoms with van der Waals surface area (Å²) < 4.78 is 16.5. The molecule has 0 aliphatic carbocycles. The fraction of sp³-hybridized carbons (Fsp3) is 0.125. The van der Waals surface area contributed by atoms with E-state index in [4.69, 9.17) is 13.9 Å². The van der Waals surface area contributed by atoms with Gasteiger partial charge in [0.05, 0.1) is 25.7 Å². The molecule has 0 unspecified atom stereocenters. The summed E-state index contributed by atoms with van der Waals surface area (Å²) in [5.74, 6) is 0.912. The first-order valence-corrected chi connectivity index (χ1v) is 10.2. The highest BCUT2D eigenvalue weighted by molar-refractivity contribution is 6.04. The molecule has 0 radical (unpaired) electrons. The second-order valence-electron chi connectivity index (χ2n) is 7.13. The number of carbonyl (C=O) groups is 1. The van der Waals surface area contributed by atoms with E-state index in [0.29, 0.717) is 28.2 Å². The van der Waals surface area contributed by atoms with Crippen LogP contribution in [0.1, 0.15) is 15.9 Å². The van der Waals surface area contributed by atoms with Crippen LogP contribution in [-0.2, 0) is 6.54 Å². The van der Waals surface area contributed by atoms with Crippen molar-refractivity contribution in [3.63, 3.8) is 0 Å². The minimum absolute atomic E-state index is 0.0277. The largest absolute Gasteiger partial charge is 0.497 e. The first-order valence-electron chi connectivity index (χ1n) is 10.2. The van der Waals surface area contributed by atoms with Gasteiger partial charge in [-0.1, -0.05) is 23.3 Å². The molecule has 4 rings (SSSR count). The van der Waals surface area contributed by atoms with Gasteiger partial charge in [-0.3, -0.25) is 19.8 Å². The second-order valence-corrected chi connectivity index (χ2v) is 7.13. The van der Waals surface area contributed by atoms with Crippen LogP contribution < -0.4 is 14.4 Å². The predicted octanol–water partition coefficient (Wildman–Crippen LogP) is 4.51. The maximum absolute atomic E-state index is 13.4. The van der Waals surface area contributed by atoms with E-state index >= 15 is 0 Å². The van der Waals surface area contributed by atoms with Gasteiger partial charge in [0.2, 0.25) is 5.89 Å². The predicted molar refractivity (Wildman–Crippen MR) is 123 cm³/mol. The number of nitro benzene ring substituents is 1. The average Bonchev–Trinajstić information content (AvgIpc) is 3.37. The first kappa shape index (κ1) is 22.5.